The van der Waals surface area contributed by atoms with E-state index in [2.05, 4.69) is 55.2 Å². The van der Waals surface area contributed by atoms with Gasteiger partial charge in [-0.2, -0.15) is 0 Å². The zero-order valence-electron chi connectivity index (χ0n) is 15.7. The fraction of sp³-hybridized carbons (Fsp3) is 0.650. The zero-order chi connectivity index (χ0) is 17.5. The Balaban J connectivity index is 2.01. The lowest BCUT2D eigenvalue weighted by molar-refractivity contribution is -0.122. The Kier molecular flexibility index (Phi) is 7.25. The maximum absolute atomic E-state index is 12.3. The van der Waals surface area contributed by atoms with E-state index in [0.29, 0.717) is 18.4 Å². The van der Waals surface area contributed by atoms with Crippen LogP contribution in [0.15, 0.2) is 30.3 Å². The molecule has 134 valence electrons. The molecule has 1 aliphatic rings. The molecule has 1 atom stereocenters. The van der Waals surface area contributed by atoms with Gasteiger partial charge in [0.25, 0.3) is 0 Å². The maximum Gasteiger partial charge on any atom is 0.220 e. The molecule has 1 aliphatic heterocycles. The summed E-state index contributed by atoms with van der Waals surface area (Å²) >= 11 is 0. The van der Waals surface area contributed by atoms with Crippen LogP contribution >= 0.6 is 0 Å². The lowest BCUT2D eigenvalue weighted by atomic mass is 10.0. The van der Waals surface area contributed by atoms with Crippen molar-refractivity contribution in [2.75, 3.05) is 33.7 Å². The molecule has 0 saturated carbocycles. The molecule has 1 aromatic carbocycles. The van der Waals surface area contributed by atoms with Gasteiger partial charge in [0.15, 0.2) is 0 Å². The highest BCUT2D eigenvalue weighted by Gasteiger charge is 2.24. The Bertz CT molecular complexity index is 495. The molecule has 1 N–H and O–H groups in total. The highest BCUT2D eigenvalue weighted by Crippen LogP contribution is 2.20. The summed E-state index contributed by atoms with van der Waals surface area (Å²) in [5.74, 6) is 0.531. The van der Waals surface area contributed by atoms with Gasteiger partial charge in [-0.15, -0.1) is 0 Å². The van der Waals surface area contributed by atoms with Crippen molar-refractivity contribution in [3.63, 3.8) is 0 Å². The Morgan fingerprint density at radius 2 is 1.88 bits per heavy atom. The zero-order valence-corrected chi connectivity index (χ0v) is 15.7. The van der Waals surface area contributed by atoms with Crippen LogP contribution in [0, 0.1) is 5.92 Å². The summed E-state index contributed by atoms with van der Waals surface area (Å²) in [6.45, 7) is 7.35. The minimum absolute atomic E-state index is 0.0575. The Labute approximate surface area is 147 Å². The highest BCUT2D eigenvalue weighted by molar-refractivity contribution is 5.76. The normalized spacial score (nSPS) is 18.1. The molecule has 0 bridgehead atoms. The fourth-order valence-corrected chi connectivity index (χ4v) is 3.42. The first-order valence-corrected chi connectivity index (χ1v) is 9.18. The number of carbonyl (C=O) groups is 1. The average Bonchev–Trinajstić information content (AvgIpc) is 2.55. The summed E-state index contributed by atoms with van der Waals surface area (Å²) in [6.07, 6.45) is 2.99. The molecular formula is C20H33N3O. The molecule has 4 nitrogen and oxygen atoms in total. The molecule has 1 aromatic rings. The van der Waals surface area contributed by atoms with Crippen LogP contribution in [0.1, 0.15) is 44.7 Å². The van der Waals surface area contributed by atoms with E-state index >= 15 is 0 Å². The van der Waals surface area contributed by atoms with E-state index in [1.54, 1.807) is 0 Å². The number of hydrogen-bond acceptors (Lipinski definition) is 3. The molecule has 1 amide bonds. The van der Waals surface area contributed by atoms with E-state index in [1.165, 1.54) is 18.4 Å². The van der Waals surface area contributed by atoms with E-state index in [9.17, 15) is 4.79 Å². The highest BCUT2D eigenvalue weighted by atomic mass is 16.1. The van der Waals surface area contributed by atoms with Crippen LogP contribution in [-0.2, 0) is 4.79 Å². The lowest BCUT2D eigenvalue weighted by Crippen LogP contribution is -2.45. The van der Waals surface area contributed by atoms with Crippen LogP contribution in [0.4, 0.5) is 0 Å². The first-order valence-electron chi connectivity index (χ1n) is 9.18. The minimum atomic E-state index is 0.0575. The van der Waals surface area contributed by atoms with Gasteiger partial charge in [0.05, 0.1) is 6.04 Å². The van der Waals surface area contributed by atoms with Gasteiger partial charge in [0.1, 0.15) is 0 Å². The van der Waals surface area contributed by atoms with Crippen molar-refractivity contribution in [1.82, 2.24) is 15.1 Å². The number of hydrogen-bond donors (Lipinski definition) is 1. The van der Waals surface area contributed by atoms with Crippen molar-refractivity contribution in [2.45, 2.75) is 45.2 Å². The van der Waals surface area contributed by atoms with Crippen molar-refractivity contribution in [2.24, 2.45) is 5.92 Å². The van der Waals surface area contributed by atoms with Crippen molar-refractivity contribution in [3.8, 4) is 0 Å². The van der Waals surface area contributed by atoms with Gasteiger partial charge < -0.3 is 15.1 Å². The van der Waals surface area contributed by atoms with Crippen LogP contribution in [0.2, 0.25) is 0 Å². The largest absolute Gasteiger partial charge is 0.348 e. The monoisotopic (exact) mass is 331 g/mol. The van der Waals surface area contributed by atoms with Crippen LogP contribution in [0.5, 0.6) is 0 Å². The molecule has 0 aromatic heterocycles. The Hall–Kier alpha value is -1.39. The number of nitrogens with zero attached hydrogens (tertiary/aromatic N) is 2. The lowest BCUT2D eigenvalue weighted by Gasteiger charge is -2.37. The predicted octanol–water partition coefficient (Wildman–Crippen LogP) is 2.92. The first-order chi connectivity index (χ1) is 11.5. The second-order valence-electron chi connectivity index (χ2n) is 7.60. The van der Waals surface area contributed by atoms with Gasteiger partial charge >= 0.3 is 0 Å². The summed E-state index contributed by atoms with van der Waals surface area (Å²) < 4.78 is 0. The van der Waals surface area contributed by atoms with Gasteiger partial charge in [-0.05, 0) is 51.5 Å². The first kappa shape index (κ1) is 18.9. The third kappa shape index (κ3) is 5.91. The minimum Gasteiger partial charge on any atom is -0.348 e. The second kappa shape index (κ2) is 9.19. The van der Waals surface area contributed by atoms with Crippen LogP contribution in [0.3, 0.4) is 0 Å². The molecule has 1 saturated heterocycles. The van der Waals surface area contributed by atoms with Gasteiger partial charge in [-0.3, -0.25) is 4.79 Å². The molecule has 1 heterocycles. The fourth-order valence-electron chi connectivity index (χ4n) is 3.42. The van der Waals surface area contributed by atoms with Crippen LogP contribution < -0.4 is 5.32 Å². The molecule has 4 heteroatoms. The SMILES string of the molecule is CC(C)CC(=O)NC(CN(C)C1CCN(C)CC1)c1ccccc1. The Morgan fingerprint density at radius 3 is 2.46 bits per heavy atom. The third-order valence-corrected chi connectivity index (χ3v) is 4.91. The molecular weight excluding hydrogens is 298 g/mol. The van der Waals surface area contributed by atoms with Crippen molar-refractivity contribution in [3.05, 3.63) is 35.9 Å². The summed E-state index contributed by atoms with van der Waals surface area (Å²) in [5, 5.41) is 3.25. The summed E-state index contributed by atoms with van der Waals surface area (Å²) in [6, 6.07) is 11.0. The van der Waals surface area contributed by atoms with Crippen molar-refractivity contribution in [1.29, 1.82) is 0 Å². The number of amides is 1. The smallest absolute Gasteiger partial charge is 0.220 e. The van der Waals surface area contributed by atoms with E-state index in [1.807, 2.05) is 18.2 Å². The molecule has 0 radical (unpaired) electrons. The number of nitrogens with one attached hydrogen (secondary N) is 1. The molecule has 1 fully saturated rings. The van der Waals surface area contributed by atoms with Crippen molar-refractivity contribution >= 4 is 5.91 Å². The number of carbonyl (C=O) groups excluding carboxylic acids is 1. The Morgan fingerprint density at radius 1 is 1.25 bits per heavy atom. The van der Waals surface area contributed by atoms with Gasteiger partial charge in [-0.1, -0.05) is 44.2 Å². The van der Waals surface area contributed by atoms with E-state index in [0.717, 1.165) is 19.6 Å². The number of benzene rings is 1. The molecule has 1 unspecified atom stereocenters. The second-order valence-corrected chi connectivity index (χ2v) is 7.60. The third-order valence-electron chi connectivity index (χ3n) is 4.91. The summed E-state index contributed by atoms with van der Waals surface area (Å²) in [7, 11) is 4.38. The number of rotatable bonds is 7. The van der Waals surface area contributed by atoms with Crippen molar-refractivity contribution < 1.29 is 4.79 Å². The summed E-state index contributed by atoms with van der Waals surface area (Å²) in [4.78, 5) is 17.1. The van der Waals surface area contributed by atoms with Gasteiger partial charge in [0.2, 0.25) is 5.91 Å². The number of piperidine rings is 1. The molecule has 0 aliphatic carbocycles. The number of likely N-dealkylation sites (tertiary alicyclic amines) is 1. The molecule has 0 spiro atoms. The van der Waals surface area contributed by atoms with Crippen LogP contribution in [0.25, 0.3) is 0 Å². The van der Waals surface area contributed by atoms with E-state index < -0.39 is 0 Å². The molecule has 24 heavy (non-hydrogen) atoms. The van der Waals surface area contributed by atoms with Crippen LogP contribution in [-0.4, -0.2) is 55.5 Å². The summed E-state index contributed by atoms with van der Waals surface area (Å²) in [5.41, 5.74) is 1.19. The topological polar surface area (TPSA) is 35.6 Å². The number of likely N-dealkylation sites (N-methyl/N-ethyl adjacent to an activating group) is 1. The predicted molar refractivity (Wildman–Crippen MR) is 99.9 cm³/mol. The quantitative estimate of drug-likeness (QED) is 0.834. The molecule has 2 rings (SSSR count). The average molecular weight is 332 g/mol. The van der Waals surface area contributed by atoms with Gasteiger partial charge in [0, 0.05) is 19.0 Å². The van der Waals surface area contributed by atoms with E-state index in [4.69, 9.17) is 0 Å². The van der Waals surface area contributed by atoms with E-state index in [-0.39, 0.29) is 11.9 Å². The van der Waals surface area contributed by atoms with Gasteiger partial charge in [-0.25, -0.2) is 0 Å². The maximum atomic E-state index is 12.3. The standard InChI is InChI=1S/C20H33N3O/c1-16(2)14-20(24)21-19(17-8-6-5-7-9-17)15-23(4)18-10-12-22(3)13-11-18/h5-9,16,18-19H,10-15H2,1-4H3,(H,21,24).